The van der Waals surface area contributed by atoms with Crippen molar-refractivity contribution in [2.45, 2.75) is 18.9 Å². The molecule has 1 amide bonds. The topological polar surface area (TPSA) is 106 Å². The number of benzene rings is 1. The average molecular weight is 371 g/mol. The number of aromatic nitrogens is 3. The van der Waals surface area contributed by atoms with Crippen LogP contribution in [-0.4, -0.2) is 50.4 Å². The minimum Gasteiger partial charge on any atom is -0.465 e. The molecule has 1 fully saturated rings. The van der Waals surface area contributed by atoms with Gasteiger partial charge in [0.2, 0.25) is 11.9 Å². The van der Waals surface area contributed by atoms with Crippen molar-refractivity contribution in [1.82, 2.24) is 20.1 Å². The van der Waals surface area contributed by atoms with E-state index in [4.69, 9.17) is 28.3 Å². The van der Waals surface area contributed by atoms with Gasteiger partial charge in [0.05, 0.1) is 0 Å². The van der Waals surface area contributed by atoms with Gasteiger partial charge in [0.1, 0.15) is 0 Å². The Hall–Kier alpha value is -2.19. The number of amides is 1. The molecule has 128 valence electrons. The van der Waals surface area contributed by atoms with Gasteiger partial charge in [-0.25, -0.2) is 9.89 Å². The summed E-state index contributed by atoms with van der Waals surface area (Å²) < 4.78 is 0. The molecule has 0 bridgehead atoms. The number of nitrogens with one attached hydrogen (secondary N) is 3. The Kier molecular flexibility index (Phi) is 4.96. The lowest BCUT2D eigenvalue weighted by Gasteiger charge is -2.30. The van der Waals surface area contributed by atoms with Gasteiger partial charge in [0, 0.05) is 34.9 Å². The molecule has 0 unspecified atom stereocenters. The van der Waals surface area contributed by atoms with Crippen molar-refractivity contribution in [2.75, 3.05) is 23.7 Å². The zero-order valence-corrected chi connectivity index (χ0v) is 14.1. The van der Waals surface area contributed by atoms with Crippen molar-refractivity contribution in [3.8, 4) is 0 Å². The first-order chi connectivity index (χ1) is 11.5. The molecule has 1 aromatic heterocycles. The van der Waals surface area contributed by atoms with Crippen LogP contribution in [0.3, 0.4) is 0 Å². The van der Waals surface area contributed by atoms with Crippen LogP contribution in [0.5, 0.6) is 0 Å². The summed E-state index contributed by atoms with van der Waals surface area (Å²) in [5.41, 5.74) is 0.699. The second-order valence-electron chi connectivity index (χ2n) is 5.48. The lowest BCUT2D eigenvalue weighted by atomic mass is 10.1. The molecule has 1 aliphatic rings. The summed E-state index contributed by atoms with van der Waals surface area (Å²) >= 11 is 11.9. The molecule has 10 heteroatoms. The Morgan fingerprint density at radius 2 is 1.92 bits per heavy atom. The highest BCUT2D eigenvalue weighted by molar-refractivity contribution is 6.35. The highest BCUT2D eigenvalue weighted by atomic mass is 35.5. The molecule has 0 atom stereocenters. The van der Waals surface area contributed by atoms with Gasteiger partial charge in [-0.3, -0.25) is 0 Å². The number of piperidine rings is 1. The molecule has 4 N–H and O–H groups in total. The Balaban J connectivity index is 1.57. The first kappa shape index (κ1) is 16.7. The zero-order valence-electron chi connectivity index (χ0n) is 12.6. The molecule has 0 spiro atoms. The summed E-state index contributed by atoms with van der Waals surface area (Å²) in [6.07, 6.45) is 0.555. The van der Waals surface area contributed by atoms with Gasteiger partial charge >= 0.3 is 6.09 Å². The van der Waals surface area contributed by atoms with Crippen LogP contribution in [0.2, 0.25) is 10.0 Å². The van der Waals surface area contributed by atoms with Crippen LogP contribution in [-0.2, 0) is 0 Å². The van der Waals surface area contributed by atoms with Gasteiger partial charge in [0.25, 0.3) is 0 Å². The molecule has 0 aliphatic carbocycles. The SMILES string of the molecule is O=C(O)N1CCC(Nc2n[nH]c(Nc3cc(Cl)cc(Cl)c3)n2)CC1. The van der Waals surface area contributed by atoms with Crippen LogP contribution in [0, 0.1) is 0 Å². The fourth-order valence-corrected chi connectivity index (χ4v) is 3.07. The molecule has 1 aliphatic heterocycles. The van der Waals surface area contributed by atoms with E-state index < -0.39 is 6.09 Å². The summed E-state index contributed by atoms with van der Waals surface area (Å²) in [4.78, 5) is 16.6. The zero-order chi connectivity index (χ0) is 17.1. The largest absolute Gasteiger partial charge is 0.465 e. The van der Waals surface area contributed by atoms with E-state index in [2.05, 4.69) is 25.8 Å². The van der Waals surface area contributed by atoms with Crippen LogP contribution in [0.4, 0.5) is 22.4 Å². The van der Waals surface area contributed by atoms with Crippen LogP contribution >= 0.6 is 23.2 Å². The maximum Gasteiger partial charge on any atom is 0.407 e. The van der Waals surface area contributed by atoms with Gasteiger partial charge in [0.15, 0.2) is 0 Å². The number of hydrogen-bond acceptors (Lipinski definition) is 5. The predicted octanol–water partition coefficient (Wildman–Crippen LogP) is 3.41. The molecule has 24 heavy (non-hydrogen) atoms. The van der Waals surface area contributed by atoms with E-state index >= 15 is 0 Å². The molecular weight excluding hydrogens is 355 g/mol. The Morgan fingerprint density at radius 1 is 1.25 bits per heavy atom. The first-order valence-corrected chi connectivity index (χ1v) is 8.15. The standard InChI is InChI=1S/C14H16Cl2N6O2/c15-8-5-9(16)7-11(6-8)18-13-19-12(20-21-13)17-10-1-3-22(4-2-10)14(23)24/h5-7,10H,1-4H2,(H,23,24)(H3,17,18,19,20,21). The van der Waals surface area contributed by atoms with Crippen LogP contribution in [0.15, 0.2) is 18.2 Å². The van der Waals surface area contributed by atoms with Gasteiger partial charge in [-0.05, 0) is 31.0 Å². The minimum atomic E-state index is -0.877. The Morgan fingerprint density at radius 3 is 2.54 bits per heavy atom. The van der Waals surface area contributed by atoms with Crippen LogP contribution < -0.4 is 10.6 Å². The lowest BCUT2D eigenvalue weighted by molar-refractivity contribution is 0.133. The van der Waals surface area contributed by atoms with Crippen molar-refractivity contribution in [1.29, 1.82) is 0 Å². The number of carboxylic acid groups (broad SMARTS) is 1. The first-order valence-electron chi connectivity index (χ1n) is 7.39. The smallest absolute Gasteiger partial charge is 0.407 e. The van der Waals surface area contributed by atoms with Crippen molar-refractivity contribution < 1.29 is 9.90 Å². The molecular formula is C14H16Cl2N6O2. The summed E-state index contributed by atoms with van der Waals surface area (Å²) in [6, 6.07) is 5.24. The van der Waals surface area contributed by atoms with E-state index in [1.165, 1.54) is 4.90 Å². The van der Waals surface area contributed by atoms with Crippen LogP contribution in [0.25, 0.3) is 0 Å². The van der Waals surface area contributed by atoms with E-state index in [0.29, 0.717) is 53.6 Å². The van der Waals surface area contributed by atoms with Gasteiger partial charge in [-0.2, -0.15) is 4.98 Å². The number of aromatic amines is 1. The third-order valence-corrected chi connectivity index (χ3v) is 4.15. The molecule has 8 nitrogen and oxygen atoms in total. The molecule has 3 rings (SSSR count). The average Bonchev–Trinajstić information content (AvgIpc) is 2.93. The van der Waals surface area contributed by atoms with E-state index in [0.717, 1.165) is 0 Å². The third-order valence-electron chi connectivity index (χ3n) is 3.71. The van der Waals surface area contributed by atoms with E-state index in [9.17, 15) is 4.79 Å². The molecule has 2 aromatic rings. The fraction of sp³-hybridized carbons (Fsp3) is 0.357. The molecule has 1 saturated heterocycles. The summed E-state index contributed by atoms with van der Waals surface area (Å²) in [5.74, 6) is 0.915. The number of anilines is 3. The van der Waals surface area contributed by atoms with E-state index in [1.54, 1.807) is 18.2 Å². The summed E-state index contributed by atoms with van der Waals surface area (Å²) in [7, 11) is 0. The number of hydrogen-bond donors (Lipinski definition) is 4. The van der Waals surface area contributed by atoms with Crippen molar-refractivity contribution in [2.24, 2.45) is 0 Å². The lowest BCUT2D eigenvalue weighted by Crippen LogP contribution is -2.41. The monoisotopic (exact) mass is 370 g/mol. The highest BCUT2D eigenvalue weighted by Gasteiger charge is 2.22. The van der Waals surface area contributed by atoms with Gasteiger partial charge in [-0.15, -0.1) is 5.10 Å². The fourth-order valence-electron chi connectivity index (χ4n) is 2.54. The quantitative estimate of drug-likeness (QED) is 0.656. The van der Waals surface area contributed by atoms with E-state index in [1.807, 2.05) is 0 Å². The number of H-pyrrole nitrogens is 1. The predicted molar refractivity (Wildman–Crippen MR) is 92.4 cm³/mol. The second kappa shape index (κ2) is 7.14. The number of nitrogens with zero attached hydrogens (tertiary/aromatic N) is 3. The third kappa shape index (κ3) is 4.21. The second-order valence-corrected chi connectivity index (χ2v) is 6.35. The highest BCUT2D eigenvalue weighted by Crippen LogP contribution is 2.24. The van der Waals surface area contributed by atoms with Crippen molar-refractivity contribution in [3.05, 3.63) is 28.2 Å². The molecule has 0 radical (unpaired) electrons. The molecule has 0 saturated carbocycles. The van der Waals surface area contributed by atoms with E-state index in [-0.39, 0.29) is 6.04 Å². The number of likely N-dealkylation sites (tertiary alicyclic amines) is 1. The van der Waals surface area contributed by atoms with Gasteiger partial charge in [-0.1, -0.05) is 23.2 Å². The normalized spacial score (nSPS) is 15.3. The molecule has 1 aromatic carbocycles. The maximum atomic E-state index is 10.9. The maximum absolute atomic E-state index is 10.9. The number of rotatable bonds is 4. The summed E-state index contributed by atoms with van der Waals surface area (Å²) in [5, 5.41) is 23.1. The van der Waals surface area contributed by atoms with Crippen molar-refractivity contribution >= 4 is 46.9 Å². The van der Waals surface area contributed by atoms with Crippen LogP contribution in [0.1, 0.15) is 12.8 Å². The number of halogens is 2. The Bertz CT molecular complexity index is 710. The molecule has 2 heterocycles. The van der Waals surface area contributed by atoms with Crippen molar-refractivity contribution in [3.63, 3.8) is 0 Å². The Labute approximate surface area is 148 Å². The number of carbonyl (C=O) groups is 1. The summed E-state index contributed by atoms with van der Waals surface area (Å²) in [6.45, 7) is 1.01. The minimum absolute atomic E-state index is 0.143. The van der Waals surface area contributed by atoms with Gasteiger partial charge < -0.3 is 20.6 Å².